The molecule has 0 aromatic heterocycles. The highest BCUT2D eigenvalue weighted by atomic mass is 19.1. The minimum absolute atomic E-state index is 0.0981. The molecule has 1 aromatic carbocycles. The smallest absolute Gasteiger partial charge is 0.240 e. The van der Waals surface area contributed by atoms with Crippen molar-refractivity contribution in [2.45, 2.75) is 12.8 Å². The van der Waals surface area contributed by atoms with Gasteiger partial charge < -0.3 is 10.2 Å². The number of rotatable bonds is 3. The van der Waals surface area contributed by atoms with Crippen molar-refractivity contribution >= 4 is 17.5 Å². The predicted molar refractivity (Wildman–Crippen MR) is 68.9 cm³/mol. The third-order valence-corrected chi connectivity index (χ3v) is 2.93. The van der Waals surface area contributed by atoms with E-state index in [0.29, 0.717) is 12.1 Å². The molecule has 0 spiro atoms. The number of terminal acetylenes is 1. The Morgan fingerprint density at radius 2 is 2.26 bits per heavy atom. The molecule has 0 saturated heterocycles. The maximum atomic E-state index is 13.1. The average Bonchev–Trinajstić information content (AvgIpc) is 2.39. The van der Waals surface area contributed by atoms with Gasteiger partial charge in [-0.25, -0.2) is 4.39 Å². The fraction of sp³-hybridized carbons (Fsp3) is 0.286. The number of carbonyl (C=O) groups excluding carboxylic acids is 2. The Hall–Kier alpha value is -2.35. The lowest BCUT2D eigenvalue weighted by Crippen LogP contribution is -2.43. The molecule has 1 aliphatic rings. The number of halogens is 1. The van der Waals surface area contributed by atoms with Gasteiger partial charge in [0.1, 0.15) is 12.4 Å². The van der Waals surface area contributed by atoms with Gasteiger partial charge in [0.2, 0.25) is 11.8 Å². The highest BCUT2D eigenvalue weighted by molar-refractivity contribution is 6.01. The van der Waals surface area contributed by atoms with Gasteiger partial charge in [0.25, 0.3) is 0 Å². The Bertz CT molecular complexity index is 563. The number of nitrogens with one attached hydrogen (secondary N) is 1. The summed E-state index contributed by atoms with van der Waals surface area (Å²) in [6.45, 7) is 0.0241. The molecular weight excluding hydrogens is 247 g/mol. The first-order chi connectivity index (χ1) is 9.11. The average molecular weight is 260 g/mol. The standard InChI is InChI=1S/C14H13FN2O2/c1-2-7-16-13(18)9-17-12-5-4-11(15)8-10(12)3-6-14(17)19/h1,4-5,8H,3,6-7,9H2,(H,16,18). The molecule has 5 heteroatoms. The number of benzene rings is 1. The second-order valence-electron chi connectivity index (χ2n) is 4.23. The first-order valence-electron chi connectivity index (χ1n) is 5.91. The minimum Gasteiger partial charge on any atom is -0.344 e. The predicted octanol–water partition coefficient (Wildman–Crippen LogP) is 0.854. The Morgan fingerprint density at radius 3 is 3.00 bits per heavy atom. The van der Waals surface area contributed by atoms with Crippen molar-refractivity contribution in [1.82, 2.24) is 5.32 Å². The van der Waals surface area contributed by atoms with Gasteiger partial charge in [-0.1, -0.05) is 5.92 Å². The molecule has 1 N–H and O–H groups in total. The van der Waals surface area contributed by atoms with Crippen molar-refractivity contribution < 1.29 is 14.0 Å². The van der Waals surface area contributed by atoms with Crippen molar-refractivity contribution in [2.75, 3.05) is 18.0 Å². The van der Waals surface area contributed by atoms with Crippen LogP contribution in [-0.4, -0.2) is 24.9 Å². The van der Waals surface area contributed by atoms with Gasteiger partial charge in [-0.3, -0.25) is 9.59 Å². The van der Waals surface area contributed by atoms with Crippen molar-refractivity contribution in [2.24, 2.45) is 0 Å². The molecule has 4 nitrogen and oxygen atoms in total. The van der Waals surface area contributed by atoms with E-state index in [4.69, 9.17) is 6.42 Å². The molecule has 0 unspecified atom stereocenters. The number of nitrogens with zero attached hydrogens (tertiary/aromatic N) is 1. The molecule has 0 fully saturated rings. The lowest BCUT2D eigenvalue weighted by atomic mass is 10.0. The van der Waals surface area contributed by atoms with Gasteiger partial charge in [-0.15, -0.1) is 6.42 Å². The molecule has 1 aromatic rings. The van der Waals surface area contributed by atoms with Crippen LogP contribution in [0.3, 0.4) is 0 Å². The van der Waals surface area contributed by atoms with Gasteiger partial charge in [-0.2, -0.15) is 0 Å². The SMILES string of the molecule is C#CCNC(=O)CN1C(=O)CCc2cc(F)ccc21. The number of hydrogen-bond donors (Lipinski definition) is 1. The lowest BCUT2D eigenvalue weighted by Gasteiger charge is -2.28. The molecule has 1 heterocycles. The fourth-order valence-corrected chi connectivity index (χ4v) is 2.05. The summed E-state index contributed by atoms with van der Waals surface area (Å²) in [4.78, 5) is 24.8. The molecule has 0 bridgehead atoms. The quantitative estimate of drug-likeness (QED) is 0.819. The van der Waals surface area contributed by atoms with Crippen LogP contribution in [-0.2, 0) is 16.0 Å². The van der Waals surface area contributed by atoms with Crippen LogP contribution in [0.15, 0.2) is 18.2 Å². The van der Waals surface area contributed by atoms with Gasteiger partial charge in [0.05, 0.1) is 6.54 Å². The number of amides is 2. The molecule has 19 heavy (non-hydrogen) atoms. The summed E-state index contributed by atoms with van der Waals surface area (Å²) in [6.07, 6.45) is 5.81. The van der Waals surface area contributed by atoms with Gasteiger partial charge in [-0.05, 0) is 30.2 Å². The largest absolute Gasteiger partial charge is 0.344 e. The summed E-state index contributed by atoms with van der Waals surface area (Å²) >= 11 is 0. The zero-order valence-corrected chi connectivity index (χ0v) is 10.3. The first-order valence-corrected chi connectivity index (χ1v) is 5.91. The Kier molecular flexibility index (Phi) is 3.81. The van der Waals surface area contributed by atoms with Crippen LogP contribution in [0.4, 0.5) is 10.1 Å². The summed E-state index contributed by atoms with van der Waals surface area (Å²) < 4.78 is 13.1. The van der Waals surface area contributed by atoms with Crippen LogP contribution in [0.25, 0.3) is 0 Å². The number of anilines is 1. The number of fused-ring (bicyclic) bond motifs is 1. The van der Waals surface area contributed by atoms with Gasteiger partial charge in [0, 0.05) is 12.1 Å². The fourth-order valence-electron chi connectivity index (χ4n) is 2.05. The van der Waals surface area contributed by atoms with E-state index in [-0.39, 0.29) is 37.1 Å². The van der Waals surface area contributed by atoms with Crippen LogP contribution in [0.5, 0.6) is 0 Å². The van der Waals surface area contributed by atoms with Gasteiger partial charge in [0.15, 0.2) is 0 Å². The Balaban J connectivity index is 2.19. The molecule has 1 aliphatic heterocycles. The third-order valence-electron chi connectivity index (χ3n) is 2.93. The summed E-state index contributed by atoms with van der Waals surface area (Å²) in [5.41, 5.74) is 1.33. The number of carbonyl (C=O) groups is 2. The number of hydrogen-bond acceptors (Lipinski definition) is 2. The zero-order chi connectivity index (χ0) is 13.8. The lowest BCUT2D eigenvalue weighted by molar-refractivity contribution is -0.123. The van der Waals surface area contributed by atoms with Crippen molar-refractivity contribution in [3.8, 4) is 12.3 Å². The zero-order valence-electron chi connectivity index (χ0n) is 10.3. The second kappa shape index (κ2) is 5.53. The molecule has 98 valence electrons. The third kappa shape index (κ3) is 2.91. The highest BCUT2D eigenvalue weighted by Crippen LogP contribution is 2.28. The van der Waals surface area contributed by atoms with Crippen LogP contribution in [0.2, 0.25) is 0 Å². The van der Waals surface area contributed by atoms with Crippen molar-refractivity contribution in [1.29, 1.82) is 0 Å². The van der Waals surface area contributed by atoms with E-state index in [1.54, 1.807) is 0 Å². The first kappa shape index (κ1) is 13.1. The van der Waals surface area contributed by atoms with E-state index in [2.05, 4.69) is 11.2 Å². The summed E-state index contributed by atoms with van der Waals surface area (Å²) in [7, 11) is 0. The van der Waals surface area contributed by atoms with Crippen LogP contribution in [0, 0.1) is 18.2 Å². The molecule has 2 rings (SSSR count). The molecule has 0 atom stereocenters. The Morgan fingerprint density at radius 1 is 1.47 bits per heavy atom. The van der Waals surface area contributed by atoms with E-state index in [1.165, 1.54) is 23.1 Å². The van der Waals surface area contributed by atoms with E-state index in [0.717, 1.165) is 5.56 Å². The van der Waals surface area contributed by atoms with Gasteiger partial charge >= 0.3 is 0 Å². The number of aryl methyl sites for hydroxylation is 1. The highest BCUT2D eigenvalue weighted by Gasteiger charge is 2.25. The molecular formula is C14H13FN2O2. The summed E-state index contributed by atoms with van der Waals surface area (Å²) in [5, 5.41) is 2.50. The van der Waals surface area contributed by atoms with E-state index < -0.39 is 0 Å². The monoisotopic (exact) mass is 260 g/mol. The minimum atomic E-state index is -0.343. The Labute approximate surface area is 110 Å². The van der Waals surface area contributed by atoms with Crippen LogP contribution >= 0.6 is 0 Å². The molecule has 0 saturated carbocycles. The second-order valence-corrected chi connectivity index (χ2v) is 4.23. The van der Waals surface area contributed by atoms with Crippen LogP contribution in [0.1, 0.15) is 12.0 Å². The van der Waals surface area contributed by atoms with Crippen molar-refractivity contribution in [3.63, 3.8) is 0 Å². The summed E-state index contributed by atoms with van der Waals surface area (Å²) in [6, 6.07) is 4.20. The van der Waals surface area contributed by atoms with E-state index in [1.807, 2.05) is 0 Å². The molecule has 2 amide bonds. The van der Waals surface area contributed by atoms with E-state index in [9.17, 15) is 14.0 Å². The topological polar surface area (TPSA) is 49.4 Å². The molecule has 0 aliphatic carbocycles. The molecule has 0 radical (unpaired) electrons. The summed E-state index contributed by atoms with van der Waals surface area (Å²) in [5.74, 6) is 1.47. The van der Waals surface area contributed by atoms with Crippen LogP contribution < -0.4 is 10.2 Å². The van der Waals surface area contributed by atoms with Crippen molar-refractivity contribution in [3.05, 3.63) is 29.6 Å². The maximum absolute atomic E-state index is 13.1. The maximum Gasteiger partial charge on any atom is 0.240 e. The normalized spacial score (nSPS) is 13.7. The van der Waals surface area contributed by atoms with E-state index >= 15 is 0 Å².